The summed E-state index contributed by atoms with van der Waals surface area (Å²) in [7, 11) is 3.21. The molecule has 0 aliphatic carbocycles. The molecule has 0 atom stereocenters. The molecule has 0 aliphatic rings. The van der Waals surface area contributed by atoms with E-state index >= 15 is 0 Å². The number of aromatic nitrogens is 1. The minimum atomic E-state index is -0.365. The van der Waals surface area contributed by atoms with Crippen LogP contribution in [0.4, 0.5) is 5.82 Å². The number of aliphatic imine (C=N–C) groups is 1. The summed E-state index contributed by atoms with van der Waals surface area (Å²) in [6.45, 7) is 5.48. The summed E-state index contributed by atoms with van der Waals surface area (Å²) in [6, 6.07) is 26.6. The highest BCUT2D eigenvalue weighted by Crippen LogP contribution is 2.37. The zero-order valence-electron chi connectivity index (χ0n) is 21.5. The van der Waals surface area contributed by atoms with E-state index in [0.717, 1.165) is 22.6 Å². The fourth-order valence-electron chi connectivity index (χ4n) is 4.08. The maximum absolute atomic E-state index is 12.3. The molecule has 1 aromatic heterocycles. The van der Waals surface area contributed by atoms with E-state index in [-0.39, 0.29) is 11.5 Å². The van der Waals surface area contributed by atoms with Gasteiger partial charge in [-0.3, -0.25) is 4.79 Å². The van der Waals surface area contributed by atoms with Crippen molar-refractivity contribution in [3.8, 4) is 34.4 Å². The van der Waals surface area contributed by atoms with Crippen LogP contribution in [0.3, 0.4) is 0 Å². The highest BCUT2D eigenvalue weighted by molar-refractivity contribution is 6.07. The van der Waals surface area contributed by atoms with Crippen molar-refractivity contribution in [1.29, 1.82) is 10.7 Å². The number of nitrogens with one attached hydrogen (secondary N) is 1. The van der Waals surface area contributed by atoms with Crippen LogP contribution in [0, 0.1) is 16.7 Å². The lowest BCUT2D eigenvalue weighted by Crippen LogP contribution is -2.22. The Morgan fingerprint density at radius 1 is 1.05 bits per heavy atom. The summed E-state index contributed by atoms with van der Waals surface area (Å²) in [5.41, 5.74) is 4.23. The average molecular weight is 502 g/mol. The molecule has 0 radical (unpaired) electrons. The van der Waals surface area contributed by atoms with Crippen LogP contribution in [-0.4, -0.2) is 41.9 Å². The van der Waals surface area contributed by atoms with Gasteiger partial charge in [0.25, 0.3) is 5.91 Å². The highest BCUT2D eigenvalue weighted by Gasteiger charge is 2.20. The Kier molecular flexibility index (Phi) is 7.64. The van der Waals surface area contributed by atoms with Crippen LogP contribution in [-0.2, 0) is 4.79 Å². The Labute approximate surface area is 222 Å². The van der Waals surface area contributed by atoms with E-state index < -0.39 is 0 Å². The molecule has 0 unspecified atom stereocenters. The van der Waals surface area contributed by atoms with Gasteiger partial charge in [0.05, 0.1) is 0 Å². The molecule has 38 heavy (non-hydrogen) atoms. The van der Waals surface area contributed by atoms with Crippen molar-refractivity contribution < 1.29 is 9.53 Å². The summed E-state index contributed by atoms with van der Waals surface area (Å²) in [5.74, 6) is 1.62. The Morgan fingerprint density at radius 3 is 2.34 bits per heavy atom. The number of carbonyl (C=O) groups is 1. The maximum Gasteiger partial charge on any atom is 0.264 e. The molecule has 7 nitrogen and oxygen atoms in total. The average Bonchev–Trinajstić information content (AvgIpc) is 3.32. The molecule has 1 amide bonds. The number of amides is 1. The molecular weight excluding hydrogens is 474 g/mol. The molecule has 7 heteroatoms. The van der Waals surface area contributed by atoms with Crippen molar-refractivity contribution in [2.24, 2.45) is 4.99 Å². The molecule has 4 aromatic rings. The number of benzene rings is 3. The summed E-state index contributed by atoms with van der Waals surface area (Å²) in [5, 5.41) is 17.9. The first-order chi connectivity index (χ1) is 18.3. The van der Waals surface area contributed by atoms with Crippen LogP contribution in [0.25, 0.3) is 22.9 Å². The molecule has 0 saturated heterocycles. The Morgan fingerprint density at radius 2 is 1.74 bits per heavy atom. The van der Waals surface area contributed by atoms with Gasteiger partial charge in [0.1, 0.15) is 29.0 Å². The van der Waals surface area contributed by atoms with Gasteiger partial charge in [-0.15, -0.1) is 0 Å². The first kappa shape index (κ1) is 25.9. The van der Waals surface area contributed by atoms with Crippen molar-refractivity contribution in [3.05, 3.63) is 102 Å². The number of carbonyl (C=O) groups excluding carboxylic acids is 1. The van der Waals surface area contributed by atoms with E-state index in [1.165, 1.54) is 4.90 Å². The van der Waals surface area contributed by atoms with Gasteiger partial charge in [-0.25, -0.2) is 4.99 Å². The Bertz CT molecular complexity index is 1570. The van der Waals surface area contributed by atoms with E-state index in [2.05, 4.69) is 11.7 Å². The first-order valence-electron chi connectivity index (χ1n) is 11.9. The second-order valence-corrected chi connectivity index (χ2v) is 8.80. The van der Waals surface area contributed by atoms with Crippen LogP contribution < -0.4 is 4.74 Å². The molecule has 3 aromatic carbocycles. The van der Waals surface area contributed by atoms with Crippen molar-refractivity contribution in [2.75, 3.05) is 14.1 Å². The van der Waals surface area contributed by atoms with Crippen molar-refractivity contribution in [1.82, 2.24) is 9.47 Å². The number of ether oxygens (including phenoxy) is 1. The summed E-state index contributed by atoms with van der Waals surface area (Å²) in [6.07, 6.45) is 3.48. The van der Waals surface area contributed by atoms with Crippen LogP contribution in [0.5, 0.6) is 11.5 Å². The van der Waals surface area contributed by atoms with Crippen molar-refractivity contribution in [3.63, 3.8) is 0 Å². The predicted molar refractivity (Wildman–Crippen MR) is 152 cm³/mol. The van der Waals surface area contributed by atoms with Gasteiger partial charge < -0.3 is 19.6 Å². The maximum atomic E-state index is 12.3. The normalized spacial score (nSPS) is 10.9. The third-order valence-electron chi connectivity index (χ3n) is 5.86. The predicted octanol–water partition coefficient (Wildman–Crippen LogP) is 6.65. The molecule has 0 bridgehead atoms. The lowest BCUT2D eigenvalue weighted by molar-refractivity contribution is -0.124. The molecule has 1 heterocycles. The van der Waals surface area contributed by atoms with E-state index in [1.807, 2.05) is 95.7 Å². The van der Waals surface area contributed by atoms with Crippen molar-refractivity contribution in [2.45, 2.75) is 6.92 Å². The second-order valence-electron chi connectivity index (χ2n) is 8.80. The fourth-order valence-corrected chi connectivity index (χ4v) is 4.08. The zero-order valence-corrected chi connectivity index (χ0v) is 21.5. The Hall–Kier alpha value is -5.22. The second kappa shape index (κ2) is 11.2. The largest absolute Gasteiger partial charge is 0.457 e. The molecule has 0 saturated carbocycles. The number of hydrogen-bond acceptors (Lipinski definition) is 5. The van der Waals surface area contributed by atoms with E-state index in [0.29, 0.717) is 28.4 Å². The molecule has 0 spiro atoms. The van der Waals surface area contributed by atoms with Crippen LogP contribution in [0.2, 0.25) is 0 Å². The highest BCUT2D eigenvalue weighted by atomic mass is 16.5. The summed E-state index contributed by atoms with van der Waals surface area (Å²) < 4.78 is 7.78. The van der Waals surface area contributed by atoms with Gasteiger partial charge >= 0.3 is 0 Å². The minimum absolute atomic E-state index is 0.0382. The molecule has 4 rings (SSSR count). The van der Waals surface area contributed by atoms with Crippen LogP contribution >= 0.6 is 0 Å². The lowest BCUT2D eigenvalue weighted by atomic mass is 10.0. The van der Waals surface area contributed by atoms with Gasteiger partial charge in [0.2, 0.25) is 0 Å². The van der Waals surface area contributed by atoms with E-state index in [1.54, 1.807) is 27.1 Å². The first-order valence-corrected chi connectivity index (χ1v) is 11.9. The zero-order chi connectivity index (χ0) is 27.2. The molecule has 0 fully saturated rings. The third-order valence-corrected chi connectivity index (χ3v) is 5.86. The smallest absolute Gasteiger partial charge is 0.264 e. The molecule has 0 aliphatic heterocycles. The molecular formula is C31H27N5O2. The SMILES string of the molecule is C=Nc1c(C(C)=N)c(-c2ccc(Oc3ccccc3)cc2)cn1-c1cccc(C=C(C#N)C(=O)N(C)C)c1. The quantitative estimate of drug-likeness (QED) is 0.166. The van der Waals surface area contributed by atoms with Crippen LogP contribution in [0.1, 0.15) is 18.1 Å². The van der Waals surface area contributed by atoms with Gasteiger partial charge in [-0.05, 0) is 67.2 Å². The summed E-state index contributed by atoms with van der Waals surface area (Å²) >= 11 is 0. The number of nitriles is 1. The topological polar surface area (TPSA) is 94.5 Å². The van der Waals surface area contributed by atoms with Gasteiger partial charge in [-0.1, -0.05) is 42.5 Å². The summed E-state index contributed by atoms with van der Waals surface area (Å²) in [4.78, 5) is 17.9. The fraction of sp³-hybridized carbons (Fsp3) is 0.0968. The van der Waals surface area contributed by atoms with Crippen molar-refractivity contribution >= 4 is 30.2 Å². The minimum Gasteiger partial charge on any atom is -0.457 e. The number of rotatable bonds is 8. The number of hydrogen-bond donors (Lipinski definition) is 1. The third kappa shape index (κ3) is 5.45. The molecule has 188 valence electrons. The van der Waals surface area contributed by atoms with Crippen LogP contribution in [0.15, 0.2) is 95.6 Å². The van der Waals surface area contributed by atoms with Gasteiger partial charge in [-0.2, -0.15) is 5.26 Å². The van der Waals surface area contributed by atoms with E-state index in [4.69, 9.17) is 10.1 Å². The molecule has 1 N–H and O–H groups in total. The number of nitrogens with zero attached hydrogens (tertiary/aromatic N) is 4. The lowest BCUT2D eigenvalue weighted by Gasteiger charge is -2.10. The van der Waals surface area contributed by atoms with E-state index in [9.17, 15) is 10.1 Å². The number of likely N-dealkylation sites (N-methyl/N-ethyl adjacent to an activating group) is 1. The number of para-hydroxylation sites is 1. The van der Waals surface area contributed by atoms with Gasteiger partial charge in [0.15, 0.2) is 0 Å². The standard InChI is InChI=1S/C31H27N5O2/c1-21(33)29-28(23-13-15-27(16-14-23)38-26-11-6-5-7-12-26)20-36(30(29)34-2)25-10-8-9-22(18-25)17-24(19-32)31(37)35(3)4/h5-18,20,33H,2H2,1,3-4H3. The monoisotopic (exact) mass is 501 g/mol. The Balaban J connectivity index is 1.75. The van der Waals surface area contributed by atoms with Gasteiger partial charge in [0, 0.05) is 42.8 Å².